The minimum atomic E-state index is -0.697. The number of halogens is 3. The maximum Gasteiger partial charge on any atom is 0.130 e. The fourth-order valence-corrected chi connectivity index (χ4v) is 1.08. The molecule has 4 heteroatoms. The third-order valence-corrected chi connectivity index (χ3v) is 2.09. The molecule has 0 heterocycles. The molecule has 0 amide bonds. The Hall–Kier alpha value is -0.375. The summed E-state index contributed by atoms with van der Waals surface area (Å²) >= 11 is 2.93. The summed E-state index contributed by atoms with van der Waals surface area (Å²) in [5.41, 5.74) is -0.102. The molecule has 0 aliphatic carbocycles. The van der Waals surface area contributed by atoms with Crippen LogP contribution in [0.3, 0.4) is 0 Å². The molecule has 0 atom stereocenters. The molecule has 0 aromatic heterocycles. The molecule has 0 N–H and O–H groups in total. The topological polar surface area (TPSA) is 0 Å². The van der Waals surface area contributed by atoms with Crippen LogP contribution < -0.4 is 5.46 Å². The van der Waals surface area contributed by atoms with Gasteiger partial charge in [0.1, 0.15) is 19.5 Å². The Morgan fingerprint density at radius 1 is 1.45 bits per heavy atom. The quantitative estimate of drug-likeness (QED) is 0.581. The van der Waals surface area contributed by atoms with Crippen LogP contribution in [0.5, 0.6) is 0 Å². The van der Waals surface area contributed by atoms with Crippen LogP contribution in [0.1, 0.15) is 5.56 Å². The molecule has 0 spiro atoms. The second-order valence-electron chi connectivity index (χ2n) is 2.19. The minimum Gasteiger partial charge on any atom is -0.207 e. The van der Waals surface area contributed by atoms with Gasteiger partial charge in [0.25, 0.3) is 0 Å². The summed E-state index contributed by atoms with van der Waals surface area (Å²) in [5, 5.41) is 0. The van der Waals surface area contributed by atoms with Crippen molar-refractivity contribution in [1.82, 2.24) is 0 Å². The SMILES string of the molecule is [B]c1c(Br)cc(F)c(C)c1F. The maximum atomic E-state index is 12.9. The zero-order valence-electron chi connectivity index (χ0n) is 5.79. The van der Waals surface area contributed by atoms with Crippen LogP contribution in [-0.4, -0.2) is 7.85 Å². The average molecular weight is 217 g/mol. The molecule has 1 rings (SSSR count). The Balaban J connectivity index is 3.46. The van der Waals surface area contributed by atoms with E-state index in [0.29, 0.717) is 0 Å². The molecule has 2 radical (unpaired) electrons. The Morgan fingerprint density at radius 3 is 2.55 bits per heavy atom. The summed E-state index contributed by atoms with van der Waals surface area (Å²) in [7, 11) is 5.26. The van der Waals surface area contributed by atoms with E-state index in [1.165, 1.54) is 6.92 Å². The third kappa shape index (κ3) is 1.45. The van der Waals surface area contributed by atoms with E-state index in [9.17, 15) is 8.78 Å². The molecule has 0 unspecified atom stereocenters. The molecule has 0 nitrogen and oxygen atoms in total. The van der Waals surface area contributed by atoms with E-state index in [-0.39, 0.29) is 15.5 Å². The number of rotatable bonds is 0. The third-order valence-electron chi connectivity index (χ3n) is 1.43. The van der Waals surface area contributed by atoms with Crippen molar-refractivity contribution in [2.45, 2.75) is 6.92 Å². The molecule has 0 saturated heterocycles. The largest absolute Gasteiger partial charge is 0.207 e. The van der Waals surface area contributed by atoms with Crippen molar-refractivity contribution in [1.29, 1.82) is 0 Å². The standard InChI is InChI=1S/C7H4BBrF2/c1-3-5(10)2-4(9)6(8)7(3)11/h2H,1H3. The molecule has 1 aromatic carbocycles. The first kappa shape index (κ1) is 8.72. The van der Waals surface area contributed by atoms with Crippen LogP contribution >= 0.6 is 15.9 Å². The van der Waals surface area contributed by atoms with E-state index >= 15 is 0 Å². The highest BCUT2D eigenvalue weighted by Gasteiger charge is 2.09. The van der Waals surface area contributed by atoms with Crippen molar-refractivity contribution in [2.24, 2.45) is 0 Å². The van der Waals surface area contributed by atoms with Crippen molar-refractivity contribution in [3.63, 3.8) is 0 Å². The lowest BCUT2D eigenvalue weighted by molar-refractivity contribution is 0.572. The maximum absolute atomic E-state index is 12.9. The predicted molar refractivity (Wildman–Crippen MR) is 44.2 cm³/mol. The molecule has 1 aromatic rings. The molecule has 56 valence electrons. The predicted octanol–water partition coefficient (Wildman–Crippen LogP) is 1.83. The lowest BCUT2D eigenvalue weighted by Gasteiger charge is -2.04. The van der Waals surface area contributed by atoms with Crippen molar-refractivity contribution in [3.05, 3.63) is 27.7 Å². The van der Waals surface area contributed by atoms with Gasteiger partial charge in [0.05, 0.1) is 0 Å². The Bertz CT molecular complexity index is 273. The summed E-state index contributed by atoms with van der Waals surface area (Å²) in [6.07, 6.45) is 0. The van der Waals surface area contributed by atoms with Gasteiger partial charge >= 0.3 is 0 Å². The molecular formula is C7H4BBrF2. The Kier molecular flexibility index (Phi) is 2.32. The average Bonchev–Trinajstić information content (AvgIpc) is 1.97. The van der Waals surface area contributed by atoms with Gasteiger partial charge in [0.2, 0.25) is 0 Å². The van der Waals surface area contributed by atoms with E-state index in [0.717, 1.165) is 6.07 Å². The van der Waals surface area contributed by atoms with Gasteiger partial charge in [-0.05, 0) is 18.5 Å². The van der Waals surface area contributed by atoms with E-state index in [2.05, 4.69) is 15.9 Å². The number of benzene rings is 1. The van der Waals surface area contributed by atoms with Gasteiger partial charge < -0.3 is 0 Å². The normalized spacial score (nSPS) is 10.2. The van der Waals surface area contributed by atoms with Crippen molar-refractivity contribution in [2.75, 3.05) is 0 Å². The van der Waals surface area contributed by atoms with Crippen LogP contribution in [-0.2, 0) is 0 Å². The fraction of sp³-hybridized carbons (Fsp3) is 0.143. The molecule has 0 bridgehead atoms. The molecule has 0 fully saturated rings. The van der Waals surface area contributed by atoms with Crippen molar-refractivity contribution >= 4 is 29.2 Å². The summed E-state index contributed by atoms with van der Waals surface area (Å²) < 4.78 is 25.8. The Labute approximate surface area is 73.1 Å². The molecule has 0 aliphatic heterocycles. The summed E-state index contributed by atoms with van der Waals surface area (Å²) in [4.78, 5) is 0. The second-order valence-corrected chi connectivity index (χ2v) is 3.05. The van der Waals surface area contributed by atoms with Crippen LogP contribution in [0.15, 0.2) is 10.5 Å². The first-order valence-corrected chi connectivity index (χ1v) is 3.73. The second kappa shape index (κ2) is 2.93. The fourth-order valence-electron chi connectivity index (χ4n) is 0.709. The Morgan fingerprint density at radius 2 is 2.00 bits per heavy atom. The highest BCUT2D eigenvalue weighted by Crippen LogP contribution is 2.15. The molecule has 11 heavy (non-hydrogen) atoms. The van der Waals surface area contributed by atoms with Crippen LogP contribution in [0.2, 0.25) is 0 Å². The van der Waals surface area contributed by atoms with Gasteiger partial charge in [-0.2, -0.15) is 0 Å². The van der Waals surface area contributed by atoms with Crippen molar-refractivity contribution < 1.29 is 8.78 Å². The molecule has 0 saturated carbocycles. The van der Waals surface area contributed by atoms with Gasteiger partial charge in [0, 0.05) is 10.0 Å². The summed E-state index contributed by atoms with van der Waals surface area (Å²) in [6.45, 7) is 1.34. The van der Waals surface area contributed by atoms with E-state index < -0.39 is 11.6 Å². The lowest BCUT2D eigenvalue weighted by Crippen LogP contribution is -2.13. The first-order valence-electron chi connectivity index (χ1n) is 2.93. The first-order chi connectivity index (χ1) is 5.04. The van der Waals surface area contributed by atoms with Crippen LogP contribution in [0.4, 0.5) is 8.78 Å². The van der Waals surface area contributed by atoms with Crippen LogP contribution in [0, 0.1) is 18.6 Å². The van der Waals surface area contributed by atoms with Gasteiger partial charge in [0.15, 0.2) is 0 Å². The van der Waals surface area contributed by atoms with Crippen molar-refractivity contribution in [3.8, 4) is 0 Å². The lowest BCUT2D eigenvalue weighted by atomic mass is 9.93. The smallest absolute Gasteiger partial charge is 0.130 e. The zero-order valence-corrected chi connectivity index (χ0v) is 7.37. The molecule has 0 aliphatic rings. The van der Waals surface area contributed by atoms with Gasteiger partial charge in [-0.15, -0.1) is 0 Å². The minimum absolute atomic E-state index is 0.0503. The zero-order chi connectivity index (χ0) is 8.59. The molecular weight excluding hydrogens is 213 g/mol. The van der Waals surface area contributed by atoms with Gasteiger partial charge in [-0.25, -0.2) is 8.78 Å². The van der Waals surface area contributed by atoms with E-state index in [1.807, 2.05) is 0 Å². The highest BCUT2D eigenvalue weighted by atomic mass is 79.9. The van der Waals surface area contributed by atoms with E-state index in [1.54, 1.807) is 0 Å². The van der Waals surface area contributed by atoms with E-state index in [4.69, 9.17) is 7.85 Å². The monoisotopic (exact) mass is 216 g/mol. The summed E-state index contributed by atoms with van der Waals surface area (Å²) in [5.74, 6) is -1.29. The number of hydrogen-bond acceptors (Lipinski definition) is 0. The van der Waals surface area contributed by atoms with Gasteiger partial charge in [-0.3, -0.25) is 0 Å². The number of hydrogen-bond donors (Lipinski definition) is 0. The summed E-state index contributed by atoms with van der Waals surface area (Å²) in [6, 6.07) is 1.15. The van der Waals surface area contributed by atoms with Crippen LogP contribution in [0.25, 0.3) is 0 Å². The highest BCUT2D eigenvalue weighted by molar-refractivity contribution is 9.10. The van der Waals surface area contributed by atoms with Gasteiger partial charge in [-0.1, -0.05) is 15.9 Å².